The Hall–Kier alpha value is -1.26. The normalized spacial score (nSPS) is 19.9. The molecule has 1 fully saturated rings. The number of methoxy groups -OCH3 is 1. The number of rotatable bonds is 2. The lowest BCUT2D eigenvalue weighted by atomic mass is 10.1. The average Bonchev–Trinajstić information content (AvgIpc) is 2.41. The van der Waals surface area contributed by atoms with Gasteiger partial charge in [-0.25, -0.2) is 0 Å². The molecule has 1 aromatic carbocycles. The quantitative estimate of drug-likeness (QED) is 0.896. The standard InChI is InChI=1S/C13H16ClNO3/c1-18-10-3-2-6-15(8-10)13(17)11-7-9(16)4-5-12(11)14/h4-5,7,10,16H,2-3,6,8H2,1H3. The van der Waals surface area contributed by atoms with Gasteiger partial charge < -0.3 is 14.7 Å². The predicted molar refractivity (Wildman–Crippen MR) is 69.1 cm³/mol. The third-order valence-electron chi connectivity index (χ3n) is 3.18. The van der Waals surface area contributed by atoms with Gasteiger partial charge in [-0.1, -0.05) is 11.6 Å². The lowest BCUT2D eigenvalue weighted by molar-refractivity contribution is 0.0269. The molecule has 0 spiro atoms. The number of ether oxygens (including phenoxy) is 1. The third kappa shape index (κ3) is 2.76. The zero-order valence-corrected chi connectivity index (χ0v) is 11.0. The largest absolute Gasteiger partial charge is 0.508 e. The van der Waals surface area contributed by atoms with Gasteiger partial charge in [-0.05, 0) is 31.0 Å². The number of phenolic OH excluding ortho intramolecular Hbond substituents is 1. The monoisotopic (exact) mass is 269 g/mol. The molecule has 1 unspecified atom stereocenters. The average molecular weight is 270 g/mol. The molecule has 1 atom stereocenters. The first-order valence-electron chi connectivity index (χ1n) is 5.92. The van der Waals surface area contributed by atoms with Crippen LogP contribution >= 0.6 is 11.6 Å². The van der Waals surface area contributed by atoms with E-state index in [0.717, 1.165) is 12.8 Å². The smallest absolute Gasteiger partial charge is 0.255 e. The van der Waals surface area contributed by atoms with Gasteiger partial charge in [0.05, 0.1) is 16.7 Å². The molecule has 0 saturated carbocycles. The van der Waals surface area contributed by atoms with Crippen molar-refractivity contribution in [3.63, 3.8) is 0 Å². The molecule has 1 aliphatic heterocycles. The van der Waals surface area contributed by atoms with Crippen molar-refractivity contribution in [3.05, 3.63) is 28.8 Å². The van der Waals surface area contributed by atoms with Crippen molar-refractivity contribution in [1.82, 2.24) is 4.90 Å². The lowest BCUT2D eigenvalue weighted by Crippen LogP contribution is -2.42. The minimum absolute atomic E-state index is 0.0445. The molecule has 1 aliphatic rings. The fourth-order valence-electron chi connectivity index (χ4n) is 2.16. The number of carbonyl (C=O) groups excluding carboxylic acids is 1. The number of likely N-dealkylation sites (tertiary alicyclic amines) is 1. The summed E-state index contributed by atoms with van der Waals surface area (Å²) in [6.07, 6.45) is 1.97. The van der Waals surface area contributed by atoms with Crippen molar-refractivity contribution in [3.8, 4) is 5.75 Å². The Morgan fingerprint density at radius 3 is 3.06 bits per heavy atom. The van der Waals surface area contributed by atoms with E-state index >= 15 is 0 Å². The molecular weight excluding hydrogens is 254 g/mol. The second-order valence-electron chi connectivity index (χ2n) is 4.42. The fraction of sp³-hybridized carbons (Fsp3) is 0.462. The van der Waals surface area contributed by atoms with Gasteiger partial charge in [0.1, 0.15) is 5.75 Å². The molecule has 1 heterocycles. The van der Waals surface area contributed by atoms with E-state index in [1.54, 1.807) is 12.0 Å². The summed E-state index contributed by atoms with van der Waals surface area (Å²) in [5, 5.41) is 9.79. The van der Waals surface area contributed by atoms with Crippen LogP contribution in [0.15, 0.2) is 18.2 Å². The molecule has 1 amide bonds. The zero-order valence-electron chi connectivity index (χ0n) is 10.2. The van der Waals surface area contributed by atoms with Crippen LogP contribution in [-0.2, 0) is 4.74 Å². The molecule has 18 heavy (non-hydrogen) atoms. The van der Waals surface area contributed by atoms with Crippen molar-refractivity contribution < 1.29 is 14.6 Å². The van der Waals surface area contributed by atoms with Crippen molar-refractivity contribution in [2.75, 3.05) is 20.2 Å². The van der Waals surface area contributed by atoms with Crippen molar-refractivity contribution in [2.45, 2.75) is 18.9 Å². The summed E-state index contributed by atoms with van der Waals surface area (Å²) < 4.78 is 5.29. The molecular formula is C13H16ClNO3. The Morgan fingerprint density at radius 2 is 2.33 bits per heavy atom. The van der Waals surface area contributed by atoms with Crippen LogP contribution in [0.5, 0.6) is 5.75 Å². The molecule has 5 heteroatoms. The van der Waals surface area contributed by atoms with Crippen LogP contribution in [0.3, 0.4) is 0 Å². The van der Waals surface area contributed by atoms with Crippen LogP contribution in [0.25, 0.3) is 0 Å². The van der Waals surface area contributed by atoms with Gasteiger partial charge in [0.2, 0.25) is 0 Å². The molecule has 1 N–H and O–H groups in total. The SMILES string of the molecule is COC1CCCN(C(=O)c2cc(O)ccc2Cl)C1. The molecule has 98 valence electrons. The van der Waals surface area contributed by atoms with Crippen molar-refractivity contribution in [1.29, 1.82) is 0 Å². The number of benzene rings is 1. The summed E-state index contributed by atoms with van der Waals surface area (Å²) in [5.74, 6) is -0.110. The number of piperidine rings is 1. The van der Waals surface area contributed by atoms with E-state index in [1.165, 1.54) is 18.2 Å². The Kier molecular flexibility index (Phi) is 4.09. The van der Waals surface area contributed by atoms with Gasteiger partial charge >= 0.3 is 0 Å². The first-order chi connectivity index (χ1) is 8.61. The number of phenols is 1. The highest BCUT2D eigenvalue weighted by atomic mass is 35.5. The maximum absolute atomic E-state index is 12.3. The molecule has 0 aliphatic carbocycles. The van der Waals surface area contributed by atoms with Gasteiger partial charge in [0.15, 0.2) is 0 Å². The van der Waals surface area contributed by atoms with Gasteiger partial charge in [-0.2, -0.15) is 0 Å². The van der Waals surface area contributed by atoms with E-state index in [9.17, 15) is 9.90 Å². The molecule has 0 bridgehead atoms. The van der Waals surface area contributed by atoms with E-state index in [-0.39, 0.29) is 17.8 Å². The van der Waals surface area contributed by atoms with Gasteiger partial charge in [-0.3, -0.25) is 4.79 Å². The summed E-state index contributed by atoms with van der Waals surface area (Å²) >= 11 is 5.99. The number of hydrogen-bond acceptors (Lipinski definition) is 3. The van der Waals surface area contributed by atoms with E-state index in [2.05, 4.69) is 0 Å². The number of nitrogens with zero attached hydrogens (tertiary/aromatic N) is 1. The van der Waals surface area contributed by atoms with Crippen LogP contribution in [-0.4, -0.2) is 42.2 Å². The highest BCUT2D eigenvalue weighted by Gasteiger charge is 2.25. The second-order valence-corrected chi connectivity index (χ2v) is 4.82. The predicted octanol–water partition coefficient (Wildman–Crippen LogP) is 2.30. The minimum Gasteiger partial charge on any atom is -0.508 e. The van der Waals surface area contributed by atoms with E-state index in [4.69, 9.17) is 16.3 Å². The third-order valence-corrected chi connectivity index (χ3v) is 3.51. The van der Waals surface area contributed by atoms with Crippen LogP contribution in [0.4, 0.5) is 0 Å². The number of hydrogen-bond donors (Lipinski definition) is 1. The van der Waals surface area contributed by atoms with Gasteiger partial charge in [0.25, 0.3) is 5.91 Å². The highest BCUT2D eigenvalue weighted by Crippen LogP contribution is 2.24. The highest BCUT2D eigenvalue weighted by molar-refractivity contribution is 6.33. The van der Waals surface area contributed by atoms with Crippen LogP contribution in [0, 0.1) is 0 Å². The Morgan fingerprint density at radius 1 is 1.56 bits per heavy atom. The second kappa shape index (κ2) is 5.59. The summed E-state index contributed by atoms with van der Waals surface area (Å²) in [5.41, 5.74) is 0.341. The van der Waals surface area contributed by atoms with Crippen LogP contribution < -0.4 is 0 Å². The number of aromatic hydroxyl groups is 1. The number of carbonyl (C=O) groups is 1. The topological polar surface area (TPSA) is 49.8 Å². The summed E-state index contributed by atoms with van der Waals surface area (Å²) in [6, 6.07) is 4.40. The molecule has 1 saturated heterocycles. The number of halogens is 1. The fourth-order valence-corrected chi connectivity index (χ4v) is 2.36. The summed E-state index contributed by atoms with van der Waals surface area (Å²) in [4.78, 5) is 14.0. The summed E-state index contributed by atoms with van der Waals surface area (Å²) in [6.45, 7) is 1.27. The Bertz CT molecular complexity index is 450. The van der Waals surface area contributed by atoms with Crippen molar-refractivity contribution in [2.24, 2.45) is 0 Å². The molecule has 4 nitrogen and oxygen atoms in total. The van der Waals surface area contributed by atoms with Crippen LogP contribution in [0.2, 0.25) is 5.02 Å². The molecule has 1 aromatic rings. The lowest BCUT2D eigenvalue weighted by Gasteiger charge is -2.32. The Balaban J connectivity index is 2.17. The van der Waals surface area contributed by atoms with Crippen molar-refractivity contribution >= 4 is 17.5 Å². The van der Waals surface area contributed by atoms with E-state index in [0.29, 0.717) is 23.7 Å². The molecule has 2 rings (SSSR count). The maximum Gasteiger partial charge on any atom is 0.255 e. The molecule has 0 aromatic heterocycles. The maximum atomic E-state index is 12.3. The first kappa shape index (κ1) is 13.2. The molecule has 0 radical (unpaired) electrons. The first-order valence-corrected chi connectivity index (χ1v) is 6.30. The van der Waals surface area contributed by atoms with Gasteiger partial charge in [-0.15, -0.1) is 0 Å². The van der Waals surface area contributed by atoms with Crippen LogP contribution in [0.1, 0.15) is 23.2 Å². The zero-order chi connectivity index (χ0) is 13.1. The van der Waals surface area contributed by atoms with E-state index in [1.807, 2.05) is 0 Å². The summed E-state index contributed by atoms with van der Waals surface area (Å²) in [7, 11) is 1.65. The Labute approximate surface area is 111 Å². The number of amides is 1. The van der Waals surface area contributed by atoms with Gasteiger partial charge in [0, 0.05) is 20.2 Å². The minimum atomic E-state index is -0.155. The van der Waals surface area contributed by atoms with E-state index < -0.39 is 0 Å².